The van der Waals surface area contributed by atoms with Gasteiger partial charge in [0, 0.05) is 38.8 Å². The molecule has 2 rings (SSSR count). The Balaban J connectivity index is 1.86. The maximum absolute atomic E-state index is 5.86. The van der Waals surface area contributed by atoms with Gasteiger partial charge >= 0.3 is 0 Å². The summed E-state index contributed by atoms with van der Waals surface area (Å²) < 4.78 is 5.86. The highest BCUT2D eigenvalue weighted by Crippen LogP contribution is 2.20. The third kappa shape index (κ3) is 6.01. The van der Waals surface area contributed by atoms with E-state index in [4.69, 9.17) is 4.74 Å². The second-order valence-electron chi connectivity index (χ2n) is 7.74. The van der Waals surface area contributed by atoms with Gasteiger partial charge in [0.05, 0.1) is 12.2 Å². The molecule has 2 atom stereocenters. The van der Waals surface area contributed by atoms with E-state index in [-0.39, 0.29) is 17.7 Å². The molecule has 1 saturated heterocycles. The lowest BCUT2D eigenvalue weighted by Gasteiger charge is -2.45. The second-order valence-corrected chi connectivity index (χ2v) is 7.74. The zero-order valence-electron chi connectivity index (χ0n) is 16.6. The normalized spacial score (nSPS) is 22.7. The minimum atomic E-state index is 0.0350. The van der Waals surface area contributed by atoms with Crippen molar-refractivity contribution in [2.24, 2.45) is 4.99 Å². The zero-order chi connectivity index (χ0) is 18.4. The van der Waals surface area contributed by atoms with Crippen LogP contribution < -0.4 is 10.6 Å². The van der Waals surface area contributed by atoms with Crippen molar-refractivity contribution in [1.82, 2.24) is 15.5 Å². The summed E-state index contributed by atoms with van der Waals surface area (Å²) in [5.74, 6) is 0.837. The summed E-state index contributed by atoms with van der Waals surface area (Å²) in [6.45, 7) is 14.5. The summed E-state index contributed by atoms with van der Waals surface area (Å²) in [4.78, 5) is 6.86. The summed E-state index contributed by atoms with van der Waals surface area (Å²) in [6, 6.07) is 8.53. The van der Waals surface area contributed by atoms with Crippen LogP contribution >= 0.6 is 0 Å². The summed E-state index contributed by atoms with van der Waals surface area (Å²) >= 11 is 0. The number of aryl methyl sites for hydroxylation is 1. The van der Waals surface area contributed by atoms with Crippen LogP contribution in [0.25, 0.3) is 0 Å². The third-order valence-corrected chi connectivity index (χ3v) is 4.73. The van der Waals surface area contributed by atoms with Crippen LogP contribution in [0.3, 0.4) is 0 Å². The Morgan fingerprint density at radius 3 is 2.52 bits per heavy atom. The van der Waals surface area contributed by atoms with E-state index in [2.05, 4.69) is 79.4 Å². The Morgan fingerprint density at radius 1 is 1.24 bits per heavy atom. The average Bonchev–Trinajstić information content (AvgIpc) is 2.54. The van der Waals surface area contributed by atoms with Crippen molar-refractivity contribution in [1.29, 1.82) is 0 Å². The molecule has 0 bridgehead atoms. The fourth-order valence-electron chi connectivity index (χ4n) is 3.31. The first-order chi connectivity index (χ1) is 11.8. The smallest absolute Gasteiger partial charge is 0.191 e. The summed E-state index contributed by atoms with van der Waals surface area (Å²) in [7, 11) is 1.82. The van der Waals surface area contributed by atoms with Crippen molar-refractivity contribution in [3.63, 3.8) is 0 Å². The Kier molecular flexibility index (Phi) is 6.85. The Labute approximate surface area is 152 Å². The standard InChI is InChI=1S/C20H34N4O/c1-15-8-7-9-18(10-15)11-22-19(21-6)23-14-20(4,5)24-12-16(2)25-17(3)13-24/h7-10,16-17H,11-14H2,1-6H3,(H2,21,22,23). The van der Waals surface area contributed by atoms with Crippen molar-refractivity contribution in [3.05, 3.63) is 35.4 Å². The Morgan fingerprint density at radius 2 is 1.92 bits per heavy atom. The van der Waals surface area contributed by atoms with Gasteiger partial charge in [-0.15, -0.1) is 0 Å². The van der Waals surface area contributed by atoms with Crippen LogP contribution in [-0.2, 0) is 11.3 Å². The van der Waals surface area contributed by atoms with Crippen LogP contribution in [0.4, 0.5) is 0 Å². The minimum Gasteiger partial charge on any atom is -0.373 e. The maximum atomic E-state index is 5.86. The largest absolute Gasteiger partial charge is 0.373 e. The van der Waals surface area contributed by atoms with Gasteiger partial charge in [0.15, 0.2) is 5.96 Å². The highest BCUT2D eigenvalue weighted by atomic mass is 16.5. The van der Waals surface area contributed by atoms with Gasteiger partial charge in [-0.05, 0) is 40.2 Å². The van der Waals surface area contributed by atoms with E-state index < -0.39 is 0 Å². The predicted molar refractivity (Wildman–Crippen MR) is 105 cm³/mol. The molecule has 2 unspecified atom stereocenters. The van der Waals surface area contributed by atoms with E-state index >= 15 is 0 Å². The van der Waals surface area contributed by atoms with Crippen LogP contribution in [-0.4, -0.2) is 55.3 Å². The molecule has 1 aromatic carbocycles. The molecular formula is C20H34N4O. The summed E-state index contributed by atoms with van der Waals surface area (Å²) in [5.41, 5.74) is 2.57. The van der Waals surface area contributed by atoms with Gasteiger partial charge in [-0.25, -0.2) is 0 Å². The summed E-state index contributed by atoms with van der Waals surface area (Å²) in [6.07, 6.45) is 0.559. The van der Waals surface area contributed by atoms with Crippen LogP contribution in [0.2, 0.25) is 0 Å². The lowest BCUT2D eigenvalue weighted by molar-refractivity contribution is -0.0946. The highest BCUT2D eigenvalue weighted by molar-refractivity contribution is 5.79. The number of aliphatic imine (C=N–C) groups is 1. The molecular weight excluding hydrogens is 312 g/mol. The maximum Gasteiger partial charge on any atom is 0.191 e. The first kappa shape index (κ1) is 19.7. The van der Waals surface area contributed by atoms with Gasteiger partial charge < -0.3 is 15.4 Å². The van der Waals surface area contributed by atoms with E-state index in [0.717, 1.165) is 32.1 Å². The second kappa shape index (κ2) is 8.68. The van der Waals surface area contributed by atoms with Gasteiger partial charge in [0.1, 0.15) is 0 Å². The van der Waals surface area contributed by atoms with Crippen LogP contribution in [0.5, 0.6) is 0 Å². The monoisotopic (exact) mass is 346 g/mol. The van der Waals surface area contributed by atoms with E-state index in [9.17, 15) is 0 Å². The van der Waals surface area contributed by atoms with E-state index in [1.807, 2.05) is 7.05 Å². The predicted octanol–water partition coefficient (Wildman–Crippen LogP) is 2.55. The van der Waals surface area contributed by atoms with Gasteiger partial charge in [0.25, 0.3) is 0 Å². The number of hydrogen-bond donors (Lipinski definition) is 2. The van der Waals surface area contributed by atoms with Gasteiger partial charge in [-0.1, -0.05) is 29.8 Å². The number of nitrogens with one attached hydrogen (secondary N) is 2. The van der Waals surface area contributed by atoms with Crippen molar-refractivity contribution in [2.75, 3.05) is 26.7 Å². The first-order valence-electron chi connectivity index (χ1n) is 9.21. The van der Waals surface area contributed by atoms with Crippen LogP contribution in [0.15, 0.2) is 29.3 Å². The average molecular weight is 347 g/mol. The molecule has 0 spiro atoms. The molecule has 0 radical (unpaired) electrons. The van der Waals surface area contributed by atoms with Crippen molar-refractivity contribution in [3.8, 4) is 0 Å². The van der Waals surface area contributed by atoms with Gasteiger partial charge in [-0.2, -0.15) is 0 Å². The number of morpholine rings is 1. The topological polar surface area (TPSA) is 48.9 Å². The number of ether oxygens (including phenoxy) is 1. The van der Waals surface area contributed by atoms with Gasteiger partial charge in [-0.3, -0.25) is 9.89 Å². The zero-order valence-corrected chi connectivity index (χ0v) is 16.6. The first-order valence-corrected chi connectivity index (χ1v) is 9.21. The molecule has 0 aliphatic carbocycles. The lowest BCUT2D eigenvalue weighted by atomic mass is 10.00. The molecule has 2 N–H and O–H groups in total. The van der Waals surface area contributed by atoms with Crippen molar-refractivity contribution < 1.29 is 4.74 Å². The lowest BCUT2D eigenvalue weighted by Crippen LogP contribution is -2.59. The molecule has 1 aromatic rings. The van der Waals surface area contributed by atoms with Gasteiger partial charge in [0.2, 0.25) is 0 Å². The Hall–Kier alpha value is -1.59. The molecule has 0 amide bonds. The number of hydrogen-bond acceptors (Lipinski definition) is 3. The van der Waals surface area contributed by atoms with Crippen LogP contribution in [0, 0.1) is 6.92 Å². The molecule has 5 heteroatoms. The molecule has 1 aliphatic heterocycles. The van der Waals surface area contributed by atoms with E-state index in [1.54, 1.807) is 0 Å². The van der Waals surface area contributed by atoms with Crippen molar-refractivity contribution >= 4 is 5.96 Å². The number of nitrogens with zero attached hydrogens (tertiary/aromatic N) is 2. The molecule has 25 heavy (non-hydrogen) atoms. The molecule has 0 saturated carbocycles. The fraction of sp³-hybridized carbons (Fsp3) is 0.650. The molecule has 5 nitrogen and oxygen atoms in total. The highest BCUT2D eigenvalue weighted by Gasteiger charge is 2.33. The molecule has 1 fully saturated rings. The van der Waals surface area contributed by atoms with E-state index in [1.165, 1.54) is 11.1 Å². The minimum absolute atomic E-state index is 0.0350. The van der Waals surface area contributed by atoms with Crippen LogP contribution in [0.1, 0.15) is 38.8 Å². The third-order valence-electron chi connectivity index (χ3n) is 4.73. The Bertz CT molecular complexity index is 575. The number of benzene rings is 1. The summed E-state index contributed by atoms with van der Waals surface area (Å²) in [5, 5.41) is 6.88. The fourth-order valence-corrected chi connectivity index (χ4v) is 3.31. The number of guanidine groups is 1. The number of rotatable bonds is 5. The van der Waals surface area contributed by atoms with Crippen molar-refractivity contribution in [2.45, 2.75) is 58.9 Å². The molecule has 140 valence electrons. The quantitative estimate of drug-likeness (QED) is 0.635. The van der Waals surface area contributed by atoms with E-state index in [0.29, 0.717) is 0 Å². The SMILES string of the molecule is CN=C(NCc1cccc(C)c1)NCC(C)(C)N1CC(C)OC(C)C1. The molecule has 0 aromatic heterocycles. The molecule has 1 heterocycles. The molecule has 1 aliphatic rings.